The molecule has 0 radical (unpaired) electrons. The van der Waals surface area contributed by atoms with E-state index in [2.05, 4.69) is 15.2 Å². The number of aromatic nitrogens is 1. The summed E-state index contributed by atoms with van der Waals surface area (Å²) in [5.74, 6) is -0.126. The molecule has 2 aliphatic heterocycles. The van der Waals surface area contributed by atoms with Crippen LogP contribution in [0.5, 0.6) is 0 Å². The van der Waals surface area contributed by atoms with Gasteiger partial charge in [0, 0.05) is 52.7 Å². The molecule has 9 nitrogen and oxygen atoms in total. The summed E-state index contributed by atoms with van der Waals surface area (Å²) in [5.41, 5.74) is 0.938. The second-order valence-electron chi connectivity index (χ2n) is 7.19. The number of carbonyl (C=O) groups is 2. The van der Waals surface area contributed by atoms with Gasteiger partial charge < -0.3 is 24.6 Å². The topological polar surface area (TPSA) is 87.2 Å². The molecule has 9 heteroatoms. The maximum Gasteiger partial charge on any atom is 0.317 e. The number of hydrogen-bond acceptors (Lipinski definition) is 6. The molecule has 28 heavy (non-hydrogen) atoms. The lowest BCUT2D eigenvalue weighted by Crippen LogP contribution is -2.55. The number of nitrogens with zero attached hydrogens (tertiary/aromatic N) is 4. The van der Waals surface area contributed by atoms with Gasteiger partial charge in [-0.05, 0) is 11.6 Å². The summed E-state index contributed by atoms with van der Waals surface area (Å²) in [4.78, 5) is 34.5. The molecule has 0 aromatic carbocycles. The van der Waals surface area contributed by atoms with Gasteiger partial charge in [-0.1, -0.05) is 6.07 Å². The molecule has 154 valence electrons. The van der Waals surface area contributed by atoms with Crippen molar-refractivity contribution in [3.8, 4) is 0 Å². The van der Waals surface area contributed by atoms with Crippen LogP contribution < -0.4 is 5.32 Å². The summed E-state index contributed by atoms with van der Waals surface area (Å²) < 4.78 is 11.5. The van der Waals surface area contributed by atoms with Gasteiger partial charge in [0.25, 0.3) is 0 Å². The number of urea groups is 1. The first-order chi connectivity index (χ1) is 13.6. The summed E-state index contributed by atoms with van der Waals surface area (Å²) in [6.07, 6.45) is 3.34. The molecular formula is C19H29N5O4. The molecule has 3 rings (SSSR count). The lowest BCUT2D eigenvalue weighted by molar-refractivity contribution is -0.148. The van der Waals surface area contributed by atoms with Gasteiger partial charge in [0.15, 0.2) is 0 Å². The number of amides is 3. The third-order valence-electron chi connectivity index (χ3n) is 5.04. The van der Waals surface area contributed by atoms with Crippen molar-refractivity contribution in [1.82, 2.24) is 25.0 Å². The van der Waals surface area contributed by atoms with Gasteiger partial charge in [-0.25, -0.2) is 4.79 Å². The number of nitrogens with one attached hydrogen (secondary N) is 1. The molecule has 1 N–H and O–H groups in total. The van der Waals surface area contributed by atoms with Gasteiger partial charge >= 0.3 is 6.03 Å². The van der Waals surface area contributed by atoms with E-state index in [9.17, 15) is 9.59 Å². The minimum Gasteiger partial charge on any atom is -0.379 e. The maximum atomic E-state index is 12.9. The highest BCUT2D eigenvalue weighted by Gasteiger charge is 2.37. The van der Waals surface area contributed by atoms with Gasteiger partial charge in [0.2, 0.25) is 5.91 Å². The number of pyridine rings is 1. The zero-order chi connectivity index (χ0) is 19.9. The molecule has 0 unspecified atom stereocenters. The van der Waals surface area contributed by atoms with Gasteiger partial charge in [-0.15, -0.1) is 0 Å². The fraction of sp³-hybridized carbons (Fsp3) is 0.632. The molecule has 2 atom stereocenters. The summed E-state index contributed by atoms with van der Waals surface area (Å²) >= 11 is 0. The fourth-order valence-electron chi connectivity index (χ4n) is 3.56. The van der Waals surface area contributed by atoms with E-state index >= 15 is 0 Å². The van der Waals surface area contributed by atoms with Gasteiger partial charge in [-0.2, -0.15) is 0 Å². The van der Waals surface area contributed by atoms with Crippen LogP contribution in [0.25, 0.3) is 0 Å². The van der Waals surface area contributed by atoms with E-state index in [1.54, 1.807) is 26.5 Å². The Morgan fingerprint density at radius 2 is 2.04 bits per heavy atom. The van der Waals surface area contributed by atoms with Crippen molar-refractivity contribution >= 4 is 11.9 Å². The first-order valence-corrected chi connectivity index (χ1v) is 9.62. The van der Waals surface area contributed by atoms with E-state index in [1.807, 2.05) is 17.0 Å². The highest BCUT2D eigenvalue weighted by molar-refractivity contribution is 5.84. The van der Waals surface area contributed by atoms with Crippen LogP contribution in [0.3, 0.4) is 0 Å². The third-order valence-corrected chi connectivity index (χ3v) is 5.04. The molecule has 2 fully saturated rings. The SMILES string of the molecule is CN(C)C(=O)NCC(=O)N1CCO[C@@H](CN2CCOCC2)[C@@H]1c1cccnc1. The number of ether oxygens (including phenoxy) is 2. The maximum absolute atomic E-state index is 12.9. The minimum atomic E-state index is -0.288. The molecule has 0 bridgehead atoms. The van der Waals surface area contributed by atoms with Crippen LogP contribution in [0.1, 0.15) is 11.6 Å². The van der Waals surface area contributed by atoms with Crippen molar-refractivity contribution in [3.63, 3.8) is 0 Å². The van der Waals surface area contributed by atoms with Crippen molar-refractivity contribution < 1.29 is 19.1 Å². The van der Waals surface area contributed by atoms with E-state index in [-0.39, 0.29) is 30.6 Å². The van der Waals surface area contributed by atoms with Crippen molar-refractivity contribution in [3.05, 3.63) is 30.1 Å². The number of carbonyl (C=O) groups excluding carboxylic acids is 2. The monoisotopic (exact) mass is 391 g/mol. The zero-order valence-electron chi connectivity index (χ0n) is 16.5. The van der Waals surface area contributed by atoms with Crippen LogP contribution in [0.4, 0.5) is 4.79 Å². The largest absolute Gasteiger partial charge is 0.379 e. The fourth-order valence-corrected chi connectivity index (χ4v) is 3.56. The Morgan fingerprint density at radius 1 is 1.25 bits per heavy atom. The molecule has 1 aromatic heterocycles. The molecule has 2 saturated heterocycles. The van der Waals surface area contributed by atoms with E-state index in [1.165, 1.54) is 4.90 Å². The summed E-state index contributed by atoms with van der Waals surface area (Å²) in [5, 5.41) is 2.66. The average Bonchev–Trinajstić information content (AvgIpc) is 2.73. The lowest BCUT2D eigenvalue weighted by Gasteiger charge is -2.43. The molecule has 3 amide bonds. The second-order valence-corrected chi connectivity index (χ2v) is 7.19. The quantitative estimate of drug-likeness (QED) is 0.758. The van der Waals surface area contributed by atoms with Crippen LogP contribution in [-0.2, 0) is 14.3 Å². The predicted molar refractivity (Wildman–Crippen MR) is 103 cm³/mol. The Kier molecular flexibility index (Phi) is 7.18. The Morgan fingerprint density at radius 3 is 2.71 bits per heavy atom. The van der Waals surface area contributed by atoms with E-state index in [0.29, 0.717) is 26.4 Å². The van der Waals surface area contributed by atoms with Crippen molar-refractivity contribution in [2.75, 3.05) is 66.6 Å². The van der Waals surface area contributed by atoms with Crippen LogP contribution in [0.2, 0.25) is 0 Å². The number of hydrogen-bond donors (Lipinski definition) is 1. The molecule has 2 aliphatic rings. The van der Waals surface area contributed by atoms with Crippen molar-refractivity contribution in [2.45, 2.75) is 12.1 Å². The summed E-state index contributed by atoms with van der Waals surface area (Å²) in [6, 6.07) is 3.31. The molecule has 0 spiro atoms. The smallest absolute Gasteiger partial charge is 0.317 e. The van der Waals surface area contributed by atoms with Gasteiger partial charge in [-0.3, -0.25) is 14.7 Å². The van der Waals surface area contributed by atoms with Crippen LogP contribution in [-0.4, -0.2) is 104 Å². The average molecular weight is 391 g/mol. The Labute approximate surface area is 165 Å². The Bertz CT molecular complexity index is 651. The first-order valence-electron chi connectivity index (χ1n) is 9.62. The van der Waals surface area contributed by atoms with Crippen molar-refractivity contribution in [1.29, 1.82) is 0 Å². The molecule has 3 heterocycles. The number of morpholine rings is 2. The normalized spacial score (nSPS) is 23.3. The molecule has 0 saturated carbocycles. The van der Waals surface area contributed by atoms with Crippen LogP contribution >= 0.6 is 0 Å². The molecule has 0 aliphatic carbocycles. The van der Waals surface area contributed by atoms with E-state index < -0.39 is 0 Å². The van der Waals surface area contributed by atoms with Crippen LogP contribution in [0.15, 0.2) is 24.5 Å². The predicted octanol–water partition coefficient (Wildman–Crippen LogP) is -0.0465. The highest BCUT2D eigenvalue weighted by Crippen LogP contribution is 2.30. The highest BCUT2D eigenvalue weighted by atomic mass is 16.5. The summed E-state index contributed by atoms with van der Waals surface area (Å²) in [7, 11) is 3.29. The van der Waals surface area contributed by atoms with Crippen LogP contribution in [0, 0.1) is 0 Å². The molecular weight excluding hydrogens is 362 g/mol. The Balaban J connectivity index is 1.75. The zero-order valence-corrected chi connectivity index (χ0v) is 16.5. The van der Waals surface area contributed by atoms with E-state index in [0.717, 1.165) is 25.2 Å². The standard InChI is InChI=1S/C19H29N5O4/c1-22(2)19(26)21-13-17(25)24-8-11-28-16(14-23-6-9-27-10-7-23)18(24)15-4-3-5-20-12-15/h3-5,12,16,18H,6-11,13-14H2,1-2H3,(H,21,26)/t16-,18-/m0/s1. The van der Waals surface area contributed by atoms with Gasteiger partial charge in [0.05, 0.1) is 38.5 Å². The first kappa shape index (κ1) is 20.5. The number of rotatable bonds is 5. The summed E-state index contributed by atoms with van der Waals surface area (Å²) in [6.45, 7) is 4.76. The van der Waals surface area contributed by atoms with Gasteiger partial charge in [0.1, 0.15) is 0 Å². The Hall–Kier alpha value is -2.23. The lowest BCUT2D eigenvalue weighted by atomic mass is 9.98. The van der Waals surface area contributed by atoms with E-state index in [4.69, 9.17) is 9.47 Å². The third kappa shape index (κ3) is 5.18. The molecule has 1 aromatic rings. The minimum absolute atomic E-state index is 0.0436. The van der Waals surface area contributed by atoms with Crippen molar-refractivity contribution in [2.24, 2.45) is 0 Å². The second kappa shape index (κ2) is 9.81.